The van der Waals surface area contributed by atoms with Gasteiger partial charge in [0.1, 0.15) is 0 Å². The van der Waals surface area contributed by atoms with Gasteiger partial charge in [-0.3, -0.25) is 0 Å². The molecular formula is C13H18N2S. The first-order valence-corrected chi connectivity index (χ1v) is 6.38. The van der Waals surface area contributed by atoms with Gasteiger partial charge in [-0.05, 0) is 37.2 Å². The van der Waals surface area contributed by atoms with Gasteiger partial charge in [-0.1, -0.05) is 32.4 Å². The average molecular weight is 234 g/mol. The van der Waals surface area contributed by atoms with Crippen molar-refractivity contribution >= 4 is 23.3 Å². The fourth-order valence-corrected chi connectivity index (χ4v) is 2.64. The molecule has 1 unspecified atom stereocenters. The van der Waals surface area contributed by atoms with E-state index in [1.807, 2.05) is 6.07 Å². The molecule has 0 spiro atoms. The number of fused-ring (bicyclic) bond motifs is 1. The van der Waals surface area contributed by atoms with Crippen LogP contribution in [0.15, 0.2) is 24.3 Å². The van der Waals surface area contributed by atoms with Crippen molar-refractivity contribution in [3.8, 4) is 0 Å². The fourth-order valence-electron chi connectivity index (χ4n) is 2.29. The molecule has 0 bridgehead atoms. The van der Waals surface area contributed by atoms with Crippen LogP contribution in [0.3, 0.4) is 0 Å². The number of nitrogens with one attached hydrogen (secondary N) is 1. The van der Waals surface area contributed by atoms with Crippen LogP contribution in [-0.2, 0) is 0 Å². The lowest BCUT2D eigenvalue weighted by atomic mass is 10.1. The van der Waals surface area contributed by atoms with E-state index < -0.39 is 0 Å². The molecule has 0 amide bonds. The van der Waals surface area contributed by atoms with Gasteiger partial charge >= 0.3 is 0 Å². The van der Waals surface area contributed by atoms with Crippen LogP contribution >= 0.6 is 12.2 Å². The van der Waals surface area contributed by atoms with E-state index in [1.54, 1.807) is 0 Å². The first kappa shape index (κ1) is 11.4. The minimum atomic E-state index is 0.522. The summed E-state index contributed by atoms with van der Waals surface area (Å²) in [5, 5.41) is 0. The summed E-state index contributed by atoms with van der Waals surface area (Å²) >= 11 is 5.42. The molecule has 16 heavy (non-hydrogen) atoms. The minimum absolute atomic E-state index is 0.522. The summed E-state index contributed by atoms with van der Waals surface area (Å²) in [5.41, 5.74) is 2.37. The van der Waals surface area contributed by atoms with E-state index in [9.17, 15) is 0 Å². The van der Waals surface area contributed by atoms with E-state index >= 15 is 0 Å². The summed E-state index contributed by atoms with van der Waals surface area (Å²) in [7, 11) is 0. The molecule has 0 fully saturated rings. The van der Waals surface area contributed by atoms with Crippen molar-refractivity contribution in [2.75, 3.05) is 0 Å². The third-order valence-electron chi connectivity index (χ3n) is 3.08. The molecule has 0 radical (unpaired) electrons. The molecule has 86 valence electrons. The number of imidazole rings is 1. The number of rotatable bonds is 4. The quantitative estimate of drug-likeness (QED) is 0.775. The van der Waals surface area contributed by atoms with E-state index in [0.29, 0.717) is 6.04 Å². The SMILES string of the molecule is CCCC(CC)n1c(=S)[nH]c2ccccc21. The highest BCUT2D eigenvalue weighted by Crippen LogP contribution is 2.24. The number of H-pyrrole nitrogens is 1. The Morgan fingerprint density at radius 1 is 1.31 bits per heavy atom. The van der Waals surface area contributed by atoms with Crippen molar-refractivity contribution in [3.63, 3.8) is 0 Å². The maximum absolute atomic E-state index is 5.42. The Balaban J connectivity index is 2.57. The molecule has 2 aromatic rings. The van der Waals surface area contributed by atoms with E-state index in [2.05, 4.69) is 41.6 Å². The fraction of sp³-hybridized carbons (Fsp3) is 0.462. The number of para-hydroxylation sites is 2. The molecule has 1 atom stereocenters. The minimum Gasteiger partial charge on any atom is -0.331 e. The molecule has 3 heteroatoms. The molecule has 0 saturated carbocycles. The third-order valence-corrected chi connectivity index (χ3v) is 3.38. The number of nitrogens with zero attached hydrogens (tertiary/aromatic N) is 1. The summed E-state index contributed by atoms with van der Waals surface area (Å²) in [5.74, 6) is 0. The lowest BCUT2D eigenvalue weighted by molar-refractivity contribution is 0.454. The molecule has 0 saturated heterocycles. The van der Waals surface area contributed by atoms with Crippen LogP contribution in [0, 0.1) is 4.77 Å². The number of benzene rings is 1. The van der Waals surface area contributed by atoms with Gasteiger partial charge in [0.15, 0.2) is 4.77 Å². The monoisotopic (exact) mass is 234 g/mol. The maximum Gasteiger partial charge on any atom is 0.178 e. The molecule has 1 aromatic carbocycles. The highest BCUT2D eigenvalue weighted by atomic mass is 32.1. The molecular weight excluding hydrogens is 216 g/mol. The molecule has 0 aliphatic heterocycles. The van der Waals surface area contributed by atoms with Gasteiger partial charge in [-0.15, -0.1) is 0 Å². The van der Waals surface area contributed by atoms with Gasteiger partial charge < -0.3 is 9.55 Å². The molecule has 2 nitrogen and oxygen atoms in total. The van der Waals surface area contributed by atoms with E-state index in [0.717, 1.165) is 16.7 Å². The van der Waals surface area contributed by atoms with Crippen molar-refractivity contribution in [1.82, 2.24) is 9.55 Å². The second-order valence-corrected chi connectivity index (χ2v) is 4.55. The normalized spacial score (nSPS) is 13.1. The number of hydrogen-bond donors (Lipinski definition) is 1. The van der Waals surface area contributed by atoms with Crippen LogP contribution in [0.2, 0.25) is 0 Å². The molecule has 1 N–H and O–H groups in total. The second kappa shape index (κ2) is 4.83. The molecule has 1 heterocycles. The summed E-state index contributed by atoms with van der Waals surface area (Å²) < 4.78 is 3.12. The largest absolute Gasteiger partial charge is 0.331 e. The van der Waals surface area contributed by atoms with Crippen molar-refractivity contribution in [2.45, 2.75) is 39.2 Å². The number of aromatic amines is 1. The standard InChI is InChI=1S/C13H18N2S/c1-3-7-10(4-2)15-12-9-6-5-8-11(12)14-13(15)16/h5-6,8-10H,3-4,7H2,1-2H3,(H,14,16). The maximum atomic E-state index is 5.42. The zero-order valence-corrected chi connectivity index (χ0v) is 10.7. The molecule has 0 aliphatic rings. The van der Waals surface area contributed by atoms with Crippen LogP contribution < -0.4 is 0 Å². The van der Waals surface area contributed by atoms with Crippen LogP contribution in [0.4, 0.5) is 0 Å². The predicted molar refractivity (Wildman–Crippen MR) is 71.4 cm³/mol. The van der Waals surface area contributed by atoms with Crippen LogP contribution in [-0.4, -0.2) is 9.55 Å². The van der Waals surface area contributed by atoms with Gasteiger partial charge in [-0.2, -0.15) is 0 Å². The lowest BCUT2D eigenvalue weighted by Gasteiger charge is -2.16. The zero-order chi connectivity index (χ0) is 11.5. The van der Waals surface area contributed by atoms with Gasteiger partial charge in [0.25, 0.3) is 0 Å². The zero-order valence-electron chi connectivity index (χ0n) is 9.86. The van der Waals surface area contributed by atoms with E-state index in [1.165, 1.54) is 18.4 Å². The molecule has 0 aliphatic carbocycles. The summed E-state index contributed by atoms with van der Waals surface area (Å²) in [6.45, 7) is 4.45. The Labute approximate surface area is 101 Å². The van der Waals surface area contributed by atoms with Gasteiger partial charge in [0.05, 0.1) is 11.0 Å². The topological polar surface area (TPSA) is 20.7 Å². The average Bonchev–Trinajstić information content (AvgIpc) is 2.62. The summed E-state index contributed by atoms with van der Waals surface area (Å²) in [6.07, 6.45) is 3.51. The van der Waals surface area contributed by atoms with E-state index in [-0.39, 0.29) is 0 Å². The lowest BCUT2D eigenvalue weighted by Crippen LogP contribution is -2.07. The van der Waals surface area contributed by atoms with Crippen molar-refractivity contribution in [2.24, 2.45) is 0 Å². The van der Waals surface area contributed by atoms with Crippen LogP contribution in [0.1, 0.15) is 39.2 Å². The Morgan fingerprint density at radius 2 is 2.06 bits per heavy atom. The Hall–Kier alpha value is -1.09. The van der Waals surface area contributed by atoms with Crippen molar-refractivity contribution in [1.29, 1.82) is 0 Å². The van der Waals surface area contributed by atoms with Gasteiger partial charge in [0, 0.05) is 6.04 Å². The Kier molecular flexibility index (Phi) is 3.44. The highest BCUT2D eigenvalue weighted by molar-refractivity contribution is 7.71. The summed E-state index contributed by atoms with van der Waals surface area (Å²) in [4.78, 5) is 3.28. The first-order valence-electron chi connectivity index (χ1n) is 5.97. The van der Waals surface area contributed by atoms with Crippen LogP contribution in [0.25, 0.3) is 11.0 Å². The Morgan fingerprint density at radius 3 is 2.75 bits per heavy atom. The number of hydrogen-bond acceptors (Lipinski definition) is 1. The first-order chi connectivity index (χ1) is 7.77. The third kappa shape index (κ3) is 1.92. The van der Waals surface area contributed by atoms with Gasteiger partial charge in [-0.25, -0.2) is 0 Å². The van der Waals surface area contributed by atoms with Crippen molar-refractivity contribution < 1.29 is 0 Å². The second-order valence-electron chi connectivity index (χ2n) is 4.17. The summed E-state index contributed by atoms with van der Waals surface area (Å²) in [6, 6.07) is 8.85. The molecule has 2 rings (SSSR count). The Bertz CT molecular complexity index is 524. The van der Waals surface area contributed by atoms with Crippen molar-refractivity contribution in [3.05, 3.63) is 29.0 Å². The van der Waals surface area contributed by atoms with Crippen LogP contribution in [0.5, 0.6) is 0 Å². The number of aromatic nitrogens is 2. The predicted octanol–water partition coefficient (Wildman–Crippen LogP) is 4.45. The van der Waals surface area contributed by atoms with E-state index in [4.69, 9.17) is 12.2 Å². The smallest absolute Gasteiger partial charge is 0.178 e. The molecule has 1 aromatic heterocycles. The van der Waals surface area contributed by atoms with Gasteiger partial charge in [0.2, 0.25) is 0 Å². The highest BCUT2D eigenvalue weighted by Gasteiger charge is 2.12.